The summed E-state index contributed by atoms with van der Waals surface area (Å²) < 4.78 is 23.3. The quantitative estimate of drug-likeness (QED) is 0.538. The van der Waals surface area contributed by atoms with E-state index in [1.165, 1.54) is 0 Å². The van der Waals surface area contributed by atoms with Crippen molar-refractivity contribution in [2.75, 3.05) is 12.4 Å². The molecule has 0 fully saturated rings. The highest BCUT2D eigenvalue weighted by Crippen LogP contribution is 2.63. The van der Waals surface area contributed by atoms with Gasteiger partial charge in [-0.3, -0.25) is 4.52 Å². The minimum Gasteiger partial charge on any atom is -0.301 e. The molecule has 4 nitrogen and oxygen atoms in total. The maximum absolute atomic E-state index is 12.6. The van der Waals surface area contributed by atoms with Crippen molar-refractivity contribution in [1.82, 2.24) is 0 Å². The van der Waals surface area contributed by atoms with Gasteiger partial charge in [-0.1, -0.05) is 36.2 Å². The van der Waals surface area contributed by atoms with E-state index in [1.807, 2.05) is 13.0 Å². The predicted octanol–water partition coefficient (Wildman–Crippen LogP) is 5.86. The van der Waals surface area contributed by atoms with E-state index in [0.29, 0.717) is 11.3 Å². The number of nitrogens with zero attached hydrogens (tertiary/aromatic N) is 1. The van der Waals surface area contributed by atoms with Crippen molar-refractivity contribution in [2.45, 2.75) is 26.4 Å². The number of halogens is 2. The van der Waals surface area contributed by atoms with Gasteiger partial charge in [0.15, 0.2) is 6.10 Å². The van der Waals surface area contributed by atoms with Crippen LogP contribution in [0.4, 0.5) is 0 Å². The molecule has 0 saturated heterocycles. The minimum atomic E-state index is -3.44. The molecule has 0 aliphatic carbocycles. The first-order valence-corrected chi connectivity index (χ1v) is 10.3. The third-order valence-corrected chi connectivity index (χ3v) is 7.03. The molecule has 0 aromatic heterocycles. The first kappa shape index (κ1) is 18.8. The van der Waals surface area contributed by atoms with Gasteiger partial charge in [0.1, 0.15) is 0 Å². The summed E-state index contributed by atoms with van der Waals surface area (Å²) in [7, 11) is 0. The number of hydrogen-bond acceptors (Lipinski definition) is 5. The SMILES string of the molecule is CCCSP(=O)(OCC)OC(C#N)c1c(Cl)cccc1Cl. The van der Waals surface area contributed by atoms with E-state index in [4.69, 9.17) is 32.2 Å². The Morgan fingerprint density at radius 3 is 2.48 bits per heavy atom. The van der Waals surface area contributed by atoms with E-state index in [9.17, 15) is 9.83 Å². The van der Waals surface area contributed by atoms with E-state index in [2.05, 4.69) is 0 Å². The molecular formula is C13H16Cl2NO3PS. The van der Waals surface area contributed by atoms with Gasteiger partial charge in [0.2, 0.25) is 0 Å². The standard InChI is InChI=1S/C13H16Cl2NO3PS/c1-3-8-21-20(17,18-4-2)19-12(9-16)13-10(14)6-5-7-11(13)15/h5-7,12H,3-4,8H2,1-2H3. The number of hydrogen-bond donors (Lipinski definition) is 0. The fourth-order valence-corrected chi connectivity index (χ4v) is 5.61. The number of nitriles is 1. The van der Waals surface area contributed by atoms with Gasteiger partial charge in [-0.25, -0.2) is 4.57 Å². The third-order valence-electron chi connectivity index (χ3n) is 2.35. The molecule has 0 radical (unpaired) electrons. The van der Waals surface area contributed by atoms with Crippen LogP contribution >= 0.6 is 41.4 Å². The molecule has 8 heteroatoms. The largest absolute Gasteiger partial charge is 0.390 e. The van der Waals surface area contributed by atoms with Crippen LogP contribution in [0.3, 0.4) is 0 Å². The lowest BCUT2D eigenvalue weighted by atomic mass is 10.1. The average molecular weight is 368 g/mol. The van der Waals surface area contributed by atoms with Crippen LogP contribution in [0.1, 0.15) is 31.9 Å². The molecule has 0 aliphatic heterocycles. The van der Waals surface area contributed by atoms with Gasteiger partial charge in [0.25, 0.3) is 0 Å². The van der Waals surface area contributed by atoms with Crippen LogP contribution in [0.2, 0.25) is 10.0 Å². The molecule has 0 bridgehead atoms. The Morgan fingerprint density at radius 2 is 2.00 bits per heavy atom. The van der Waals surface area contributed by atoms with Crippen molar-refractivity contribution in [3.8, 4) is 6.07 Å². The summed E-state index contributed by atoms with van der Waals surface area (Å²) in [6, 6.07) is 6.79. The second-order valence-electron chi connectivity index (χ2n) is 3.95. The summed E-state index contributed by atoms with van der Waals surface area (Å²) in [6.07, 6.45) is -0.331. The molecule has 1 rings (SSSR count). The fourth-order valence-electron chi connectivity index (χ4n) is 1.49. The highest BCUT2D eigenvalue weighted by Gasteiger charge is 2.32. The van der Waals surface area contributed by atoms with E-state index >= 15 is 0 Å². The van der Waals surface area contributed by atoms with Crippen molar-refractivity contribution in [3.63, 3.8) is 0 Å². The molecule has 2 atom stereocenters. The van der Waals surface area contributed by atoms with Gasteiger partial charge in [-0.2, -0.15) is 5.26 Å². The molecule has 1 aromatic carbocycles. The lowest BCUT2D eigenvalue weighted by Crippen LogP contribution is -2.03. The molecule has 0 saturated carbocycles. The van der Waals surface area contributed by atoms with E-state index in [1.54, 1.807) is 25.1 Å². The molecule has 0 spiro atoms. The van der Waals surface area contributed by atoms with Crippen molar-refractivity contribution in [1.29, 1.82) is 5.26 Å². The number of benzene rings is 1. The molecule has 1 aromatic rings. The van der Waals surface area contributed by atoms with Gasteiger partial charge < -0.3 is 4.52 Å². The van der Waals surface area contributed by atoms with Crippen LogP contribution in [0.15, 0.2) is 18.2 Å². The van der Waals surface area contributed by atoms with Gasteiger partial charge >= 0.3 is 6.80 Å². The summed E-state index contributed by atoms with van der Waals surface area (Å²) in [5.41, 5.74) is 0.306. The lowest BCUT2D eigenvalue weighted by molar-refractivity contribution is 0.198. The Hall–Kier alpha value is -0.210. The molecule has 21 heavy (non-hydrogen) atoms. The van der Waals surface area contributed by atoms with Gasteiger partial charge in [0.05, 0.1) is 12.7 Å². The second kappa shape index (κ2) is 9.05. The average Bonchev–Trinajstić information content (AvgIpc) is 2.44. The summed E-state index contributed by atoms with van der Waals surface area (Å²) in [4.78, 5) is 0. The summed E-state index contributed by atoms with van der Waals surface area (Å²) in [6.45, 7) is 0.457. The van der Waals surface area contributed by atoms with Crippen molar-refractivity contribution >= 4 is 41.4 Å². The minimum absolute atomic E-state index is 0.225. The summed E-state index contributed by atoms with van der Waals surface area (Å²) in [5.74, 6) is 0.603. The van der Waals surface area contributed by atoms with Crippen LogP contribution in [0.25, 0.3) is 0 Å². The van der Waals surface area contributed by atoms with Crippen molar-refractivity contribution < 1.29 is 13.6 Å². The van der Waals surface area contributed by atoms with Crippen LogP contribution in [0, 0.1) is 11.3 Å². The maximum Gasteiger partial charge on any atom is 0.390 e. The van der Waals surface area contributed by atoms with E-state index < -0.39 is 12.9 Å². The Morgan fingerprint density at radius 1 is 1.38 bits per heavy atom. The molecule has 116 valence electrons. The molecule has 2 unspecified atom stereocenters. The molecule has 0 amide bonds. The first-order valence-electron chi connectivity index (χ1n) is 6.38. The lowest BCUT2D eigenvalue weighted by Gasteiger charge is -2.21. The summed E-state index contributed by atoms with van der Waals surface area (Å²) >= 11 is 13.2. The Balaban J connectivity index is 3.04. The summed E-state index contributed by atoms with van der Waals surface area (Å²) in [5, 5.41) is 9.89. The second-order valence-corrected chi connectivity index (χ2v) is 8.91. The van der Waals surface area contributed by atoms with Gasteiger partial charge in [-0.05, 0) is 36.9 Å². The molecule has 0 heterocycles. The van der Waals surface area contributed by atoms with Crippen molar-refractivity contribution in [3.05, 3.63) is 33.8 Å². The Bertz CT molecular complexity index is 545. The van der Waals surface area contributed by atoms with Crippen LogP contribution in [-0.4, -0.2) is 12.4 Å². The molecular weight excluding hydrogens is 352 g/mol. The van der Waals surface area contributed by atoms with E-state index in [0.717, 1.165) is 17.8 Å². The van der Waals surface area contributed by atoms with Crippen LogP contribution in [0.5, 0.6) is 0 Å². The van der Waals surface area contributed by atoms with Crippen LogP contribution in [-0.2, 0) is 13.6 Å². The Kier molecular flexibility index (Phi) is 8.12. The highest BCUT2D eigenvalue weighted by atomic mass is 35.5. The molecule has 0 aliphatic rings. The maximum atomic E-state index is 12.6. The zero-order chi connectivity index (χ0) is 15.9. The normalized spacial score (nSPS) is 15.2. The predicted molar refractivity (Wildman–Crippen MR) is 87.9 cm³/mol. The topological polar surface area (TPSA) is 59.3 Å². The Labute approximate surface area is 139 Å². The highest BCUT2D eigenvalue weighted by molar-refractivity contribution is 8.55. The van der Waals surface area contributed by atoms with Crippen LogP contribution < -0.4 is 0 Å². The van der Waals surface area contributed by atoms with Gasteiger partial charge in [0, 0.05) is 21.4 Å². The van der Waals surface area contributed by atoms with E-state index in [-0.39, 0.29) is 16.7 Å². The van der Waals surface area contributed by atoms with Crippen molar-refractivity contribution in [2.24, 2.45) is 0 Å². The first-order chi connectivity index (χ1) is 9.97. The zero-order valence-electron chi connectivity index (χ0n) is 11.7. The van der Waals surface area contributed by atoms with Gasteiger partial charge in [-0.15, -0.1) is 0 Å². The molecule has 0 N–H and O–H groups in total. The zero-order valence-corrected chi connectivity index (χ0v) is 14.9. The smallest absolute Gasteiger partial charge is 0.301 e. The number of rotatable bonds is 8. The third kappa shape index (κ3) is 5.49. The fraction of sp³-hybridized carbons (Fsp3) is 0.462. The monoisotopic (exact) mass is 367 g/mol.